The molecular formula is C22H29N5O3S2. The first-order valence-electron chi connectivity index (χ1n) is 10.5. The molecule has 32 heavy (non-hydrogen) atoms. The number of methoxy groups -OCH3 is 1. The van der Waals surface area contributed by atoms with Crippen molar-refractivity contribution in [2.75, 3.05) is 36.2 Å². The first-order chi connectivity index (χ1) is 15.3. The summed E-state index contributed by atoms with van der Waals surface area (Å²) in [6, 6.07) is 5.50. The van der Waals surface area contributed by atoms with Gasteiger partial charge in [-0.1, -0.05) is 29.2 Å². The summed E-state index contributed by atoms with van der Waals surface area (Å²) >= 11 is 2.60. The van der Waals surface area contributed by atoms with Crippen LogP contribution in [0.1, 0.15) is 39.3 Å². The van der Waals surface area contributed by atoms with Gasteiger partial charge in [0, 0.05) is 19.1 Å². The summed E-state index contributed by atoms with van der Waals surface area (Å²) in [7, 11) is 1.57. The smallest absolute Gasteiger partial charge is 0.274 e. The number of hydrogen-bond acceptors (Lipinski definition) is 8. The summed E-state index contributed by atoms with van der Waals surface area (Å²) in [5.41, 5.74) is 1.94. The molecule has 0 spiro atoms. The summed E-state index contributed by atoms with van der Waals surface area (Å²) in [4.78, 5) is 37.2. The normalized spacial score (nSPS) is 11.2. The van der Waals surface area contributed by atoms with E-state index >= 15 is 0 Å². The van der Waals surface area contributed by atoms with E-state index in [1.54, 1.807) is 11.7 Å². The lowest BCUT2D eigenvalue weighted by molar-refractivity contribution is -0.113. The van der Waals surface area contributed by atoms with Crippen LogP contribution in [-0.2, 0) is 4.79 Å². The molecular weight excluding hydrogens is 446 g/mol. The van der Waals surface area contributed by atoms with E-state index in [4.69, 9.17) is 4.74 Å². The third-order valence-corrected chi connectivity index (χ3v) is 6.98. The van der Waals surface area contributed by atoms with E-state index in [2.05, 4.69) is 34.0 Å². The number of rotatable bonds is 9. The van der Waals surface area contributed by atoms with Gasteiger partial charge in [0.05, 0.1) is 18.6 Å². The fraction of sp³-hybridized carbons (Fsp3) is 0.455. The topological polar surface area (TPSA) is 89.3 Å². The van der Waals surface area contributed by atoms with Crippen molar-refractivity contribution in [2.45, 2.75) is 45.8 Å². The van der Waals surface area contributed by atoms with E-state index < -0.39 is 0 Å². The second-order valence-electron chi connectivity index (χ2n) is 7.53. The van der Waals surface area contributed by atoms with Crippen molar-refractivity contribution in [3.63, 3.8) is 0 Å². The lowest BCUT2D eigenvalue weighted by atomic mass is 10.2. The highest BCUT2D eigenvalue weighted by Gasteiger charge is 2.20. The van der Waals surface area contributed by atoms with Gasteiger partial charge in [-0.25, -0.2) is 4.98 Å². The zero-order chi connectivity index (χ0) is 23.4. The summed E-state index contributed by atoms with van der Waals surface area (Å²) in [5.74, 6) is 0.499. The highest BCUT2D eigenvalue weighted by Crippen LogP contribution is 2.29. The van der Waals surface area contributed by atoms with Crippen LogP contribution in [0.3, 0.4) is 0 Å². The number of amides is 1. The van der Waals surface area contributed by atoms with Gasteiger partial charge in [-0.15, -0.1) is 0 Å². The highest BCUT2D eigenvalue weighted by atomic mass is 32.2. The molecule has 172 valence electrons. The molecule has 1 N–H and O–H groups in total. The summed E-state index contributed by atoms with van der Waals surface area (Å²) in [6.07, 6.45) is 0. The van der Waals surface area contributed by atoms with E-state index in [1.165, 1.54) is 23.1 Å². The van der Waals surface area contributed by atoms with E-state index in [0.717, 1.165) is 23.8 Å². The number of thioether (sulfide) groups is 1. The molecule has 1 amide bonds. The molecule has 0 saturated heterocycles. The minimum Gasteiger partial charge on any atom is -0.495 e. The van der Waals surface area contributed by atoms with Crippen molar-refractivity contribution in [2.24, 2.45) is 0 Å². The first-order valence-corrected chi connectivity index (χ1v) is 12.3. The van der Waals surface area contributed by atoms with Crippen molar-refractivity contribution in [3.05, 3.63) is 34.1 Å². The molecule has 10 heteroatoms. The van der Waals surface area contributed by atoms with E-state index in [1.807, 2.05) is 39.0 Å². The lowest BCUT2D eigenvalue weighted by Crippen LogP contribution is -2.25. The van der Waals surface area contributed by atoms with Gasteiger partial charge < -0.3 is 15.0 Å². The Morgan fingerprint density at radius 2 is 2.00 bits per heavy atom. The average molecular weight is 476 g/mol. The zero-order valence-electron chi connectivity index (χ0n) is 19.3. The summed E-state index contributed by atoms with van der Waals surface area (Å²) in [6.45, 7) is 11.5. The van der Waals surface area contributed by atoms with Crippen LogP contribution >= 0.6 is 23.1 Å². The van der Waals surface area contributed by atoms with Crippen molar-refractivity contribution in [1.29, 1.82) is 0 Å². The van der Waals surface area contributed by atoms with Crippen LogP contribution in [0.25, 0.3) is 10.3 Å². The number of thiazole rings is 1. The first kappa shape index (κ1) is 24.1. The minimum absolute atomic E-state index is 0.0965. The van der Waals surface area contributed by atoms with Crippen LogP contribution < -0.4 is 20.5 Å². The molecule has 0 atom stereocenters. The van der Waals surface area contributed by atoms with E-state index in [0.29, 0.717) is 26.9 Å². The molecule has 1 aromatic carbocycles. The fourth-order valence-corrected chi connectivity index (χ4v) is 5.27. The predicted molar refractivity (Wildman–Crippen MR) is 133 cm³/mol. The Hall–Kier alpha value is -2.59. The molecule has 0 unspecified atom stereocenters. The van der Waals surface area contributed by atoms with Crippen molar-refractivity contribution in [1.82, 2.24) is 14.5 Å². The number of anilines is 2. The number of benzene rings is 1. The number of carbonyl (C=O) groups excluding carboxylic acids is 1. The maximum absolute atomic E-state index is 13.2. The third-order valence-electron chi connectivity index (χ3n) is 4.93. The largest absolute Gasteiger partial charge is 0.495 e. The number of hydrogen-bond donors (Lipinski definition) is 1. The quantitative estimate of drug-likeness (QED) is 0.364. The number of carbonyl (C=O) groups is 1. The number of fused-ring (bicyclic) bond motifs is 1. The van der Waals surface area contributed by atoms with Gasteiger partial charge >= 0.3 is 0 Å². The Balaban J connectivity index is 1.87. The summed E-state index contributed by atoms with van der Waals surface area (Å²) in [5, 5.41) is 4.16. The molecule has 3 rings (SSSR count). The van der Waals surface area contributed by atoms with Crippen molar-refractivity contribution in [3.8, 4) is 5.75 Å². The van der Waals surface area contributed by atoms with Crippen molar-refractivity contribution < 1.29 is 9.53 Å². The van der Waals surface area contributed by atoms with Gasteiger partial charge in [-0.3, -0.25) is 14.2 Å². The zero-order valence-corrected chi connectivity index (χ0v) is 20.9. The number of aryl methyl sites for hydroxylation is 1. The molecule has 0 aliphatic heterocycles. The van der Waals surface area contributed by atoms with Gasteiger partial charge in [0.15, 0.2) is 15.9 Å². The Bertz CT molecular complexity index is 1170. The SMILES string of the molecule is CCN(CC)c1nc2nc(SCC(=O)Nc3cc(C)ccc3OC)n(C(C)C)c(=O)c2s1. The third kappa shape index (κ3) is 5.07. The van der Waals surface area contributed by atoms with Crippen LogP contribution in [-0.4, -0.2) is 46.4 Å². The highest BCUT2D eigenvalue weighted by molar-refractivity contribution is 7.99. The van der Waals surface area contributed by atoms with E-state index in [-0.39, 0.29) is 23.3 Å². The van der Waals surface area contributed by atoms with Gasteiger partial charge in [0.2, 0.25) is 5.91 Å². The molecule has 0 aliphatic rings. The molecule has 0 bridgehead atoms. The van der Waals surface area contributed by atoms with Gasteiger partial charge in [0.25, 0.3) is 5.56 Å². The monoisotopic (exact) mass is 475 g/mol. The maximum Gasteiger partial charge on any atom is 0.274 e. The number of aromatic nitrogens is 3. The minimum atomic E-state index is -0.203. The van der Waals surface area contributed by atoms with Crippen LogP contribution in [0.5, 0.6) is 5.75 Å². The maximum atomic E-state index is 13.2. The molecule has 0 saturated carbocycles. The van der Waals surface area contributed by atoms with Crippen LogP contribution in [0.4, 0.5) is 10.8 Å². The Kier molecular flexibility index (Phi) is 7.78. The second kappa shape index (κ2) is 10.4. The van der Waals surface area contributed by atoms with E-state index in [9.17, 15) is 9.59 Å². The van der Waals surface area contributed by atoms with Gasteiger partial charge in [-0.2, -0.15) is 4.98 Å². The predicted octanol–water partition coefficient (Wildman–Crippen LogP) is 4.33. The van der Waals surface area contributed by atoms with Crippen LogP contribution in [0.15, 0.2) is 28.2 Å². The summed E-state index contributed by atoms with van der Waals surface area (Å²) < 4.78 is 7.51. The molecule has 0 aliphatic carbocycles. The second-order valence-corrected chi connectivity index (χ2v) is 9.45. The van der Waals surface area contributed by atoms with Crippen molar-refractivity contribution >= 4 is 50.2 Å². The molecule has 2 aromatic heterocycles. The molecule has 3 aromatic rings. The number of ether oxygens (including phenoxy) is 1. The van der Waals surface area contributed by atoms with Crippen LogP contribution in [0, 0.1) is 6.92 Å². The number of nitrogens with one attached hydrogen (secondary N) is 1. The Morgan fingerprint density at radius 1 is 1.28 bits per heavy atom. The van der Waals surface area contributed by atoms with Crippen LogP contribution in [0.2, 0.25) is 0 Å². The fourth-order valence-electron chi connectivity index (χ4n) is 3.28. The molecule has 0 fully saturated rings. The Morgan fingerprint density at radius 3 is 2.62 bits per heavy atom. The molecule has 2 heterocycles. The van der Waals surface area contributed by atoms with Gasteiger partial charge in [0.1, 0.15) is 10.4 Å². The molecule has 8 nitrogen and oxygen atoms in total. The standard InChI is InChI=1S/C22H29N5O3S2/c1-7-26(8-2)21-24-19-18(32-21)20(29)27(13(3)4)22(25-19)31-12-17(28)23-15-11-14(5)9-10-16(15)30-6/h9-11,13H,7-8,12H2,1-6H3,(H,23,28). The molecule has 0 radical (unpaired) electrons. The lowest BCUT2D eigenvalue weighted by Gasteiger charge is -2.15. The Labute approximate surface area is 196 Å². The average Bonchev–Trinajstić information content (AvgIpc) is 3.17. The van der Waals surface area contributed by atoms with Gasteiger partial charge in [-0.05, 0) is 52.3 Å². The number of nitrogens with zero attached hydrogens (tertiary/aromatic N) is 4.